The van der Waals surface area contributed by atoms with E-state index in [1.54, 1.807) is 13.2 Å². The van der Waals surface area contributed by atoms with E-state index in [1.807, 2.05) is 54.6 Å². The standard InChI is InChI=1S/C19H15NO3/c1-22-18-13-9-5-6-10-15(13)20-19-14(18)11-16(23-19)17(21)12-7-3-2-4-8-12/h2-11,17,21H,1H3. The number of ether oxygens (including phenoxy) is 1. The second-order valence-corrected chi connectivity index (χ2v) is 5.34. The minimum absolute atomic E-state index is 0.451. The summed E-state index contributed by atoms with van der Waals surface area (Å²) in [4.78, 5) is 4.53. The SMILES string of the molecule is COc1c2ccccc2nc2oc(C(O)c3ccccc3)cc12. The molecule has 0 bridgehead atoms. The number of furan rings is 1. The number of pyridine rings is 1. The first-order chi connectivity index (χ1) is 11.3. The van der Waals surface area contributed by atoms with E-state index in [4.69, 9.17) is 9.15 Å². The summed E-state index contributed by atoms with van der Waals surface area (Å²) < 4.78 is 11.4. The predicted molar refractivity (Wildman–Crippen MR) is 88.6 cm³/mol. The highest BCUT2D eigenvalue weighted by molar-refractivity contribution is 5.99. The molecule has 1 unspecified atom stereocenters. The smallest absolute Gasteiger partial charge is 0.230 e. The molecule has 4 nitrogen and oxygen atoms in total. The minimum Gasteiger partial charge on any atom is -0.495 e. The zero-order valence-electron chi connectivity index (χ0n) is 12.6. The molecule has 2 aromatic heterocycles. The van der Waals surface area contributed by atoms with Gasteiger partial charge in [-0.2, -0.15) is 0 Å². The van der Waals surface area contributed by atoms with Crippen LogP contribution in [0.1, 0.15) is 17.4 Å². The number of fused-ring (bicyclic) bond motifs is 2. The fourth-order valence-electron chi connectivity index (χ4n) is 2.82. The van der Waals surface area contributed by atoms with E-state index in [0.29, 0.717) is 17.2 Å². The number of aliphatic hydroxyl groups is 1. The predicted octanol–water partition coefficient (Wildman–Crippen LogP) is 4.07. The molecule has 0 saturated carbocycles. The van der Waals surface area contributed by atoms with Gasteiger partial charge in [-0.3, -0.25) is 0 Å². The van der Waals surface area contributed by atoms with Crippen LogP contribution in [0.2, 0.25) is 0 Å². The van der Waals surface area contributed by atoms with Crippen molar-refractivity contribution < 1.29 is 14.3 Å². The molecule has 1 atom stereocenters. The lowest BCUT2D eigenvalue weighted by molar-refractivity contribution is 0.192. The van der Waals surface area contributed by atoms with Gasteiger partial charge in [0.15, 0.2) is 0 Å². The van der Waals surface area contributed by atoms with Crippen molar-refractivity contribution in [1.29, 1.82) is 0 Å². The Morgan fingerprint density at radius 1 is 1.00 bits per heavy atom. The third-order valence-electron chi connectivity index (χ3n) is 3.94. The van der Waals surface area contributed by atoms with E-state index < -0.39 is 6.10 Å². The molecule has 0 radical (unpaired) electrons. The molecule has 4 rings (SSSR count). The lowest BCUT2D eigenvalue weighted by Crippen LogP contribution is -1.96. The van der Waals surface area contributed by atoms with E-state index in [-0.39, 0.29) is 0 Å². The zero-order valence-corrected chi connectivity index (χ0v) is 12.6. The molecule has 0 aliphatic carbocycles. The van der Waals surface area contributed by atoms with Crippen LogP contribution in [0.4, 0.5) is 0 Å². The quantitative estimate of drug-likeness (QED) is 0.620. The summed E-state index contributed by atoms with van der Waals surface area (Å²) in [7, 11) is 1.63. The van der Waals surface area contributed by atoms with Gasteiger partial charge in [-0.15, -0.1) is 0 Å². The second-order valence-electron chi connectivity index (χ2n) is 5.34. The molecule has 0 aliphatic heterocycles. The van der Waals surface area contributed by atoms with Crippen LogP contribution in [0.15, 0.2) is 65.1 Å². The Kier molecular flexibility index (Phi) is 3.24. The number of hydrogen-bond acceptors (Lipinski definition) is 4. The normalized spacial score (nSPS) is 12.6. The summed E-state index contributed by atoms with van der Waals surface area (Å²) in [5.41, 5.74) is 2.03. The van der Waals surface area contributed by atoms with Crippen LogP contribution in [-0.4, -0.2) is 17.2 Å². The lowest BCUT2D eigenvalue weighted by Gasteiger charge is -2.06. The minimum atomic E-state index is -0.835. The molecule has 4 aromatic rings. The number of aliphatic hydroxyl groups excluding tert-OH is 1. The molecular weight excluding hydrogens is 290 g/mol. The highest BCUT2D eigenvalue weighted by Crippen LogP contribution is 2.36. The third-order valence-corrected chi connectivity index (χ3v) is 3.94. The molecule has 23 heavy (non-hydrogen) atoms. The summed E-state index contributed by atoms with van der Waals surface area (Å²) >= 11 is 0. The number of rotatable bonds is 3. The van der Waals surface area contributed by atoms with Crippen molar-refractivity contribution in [2.45, 2.75) is 6.10 Å². The largest absolute Gasteiger partial charge is 0.495 e. The average Bonchev–Trinajstić information content (AvgIpc) is 3.03. The van der Waals surface area contributed by atoms with Gasteiger partial charge in [-0.05, 0) is 23.8 Å². The van der Waals surface area contributed by atoms with Gasteiger partial charge in [-0.25, -0.2) is 4.98 Å². The Labute approximate surface area is 133 Å². The molecular formula is C19H15NO3. The highest BCUT2D eigenvalue weighted by atomic mass is 16.5. The molecule has 0 amide bonds. The van der Waals surface area contributed by atoms with Crippen molar-refractivity contribution in [2.75, 3.05) is 7.11 Å². The van der Waals surface area contributed by atoms with E-state index in [0.717, 1.165) is 21.9 Å². The van der Waals surface area contributed by atoms with Crippen LogP contribution in [0.25, 0.3) is 22.0 Å². The monoisotopic (exact) mass is 305 g/mol. The van der Waals surface area contributed by atoms with Gasteiger partial charge in [0.05, 0.1) is 18.0 Å². The molecule has 1 N–H and O–H groups in total. The number of para-hydroxylation sites is 1. The van der Waals surface area contributed by atoms with Crippen LogP contribution in [0.5, 0.6) is 5.75 Å². The van der Waals surface area contributed by atoms with Gasteiger partial charge < -0.3 is 14.3 Å². The zero-order chi connectivity index (χ0) is 15.8. The van der Waals surface area contributed by atoms with E-state index in [2.05, 4.69) is 4.98 Å². The van der Waals surface area contributed by atoms with Crippen molar-refractivity contribution in [3.8, 4) is 5.75 Å². The van der Waals surface area contributed by atoms with Crippen molar-refractivity contribution in [3.05, 3.63) is 72.0 Å². The molecule has 2 aromatic carbocycles. The van der Waals surface area contributed by atoms with Gasteiger partial charge in [-0.1, -0.05) is 42.5 Å². The number of benzene rings is 2. The lowest BCUT2D eigenvalue weighted by atomic mass is 10.1. The first-order valence-corrected chi connectivity index (χ1v) is 7.37. The molecule has 0 aliphatic rings. The first kappa shape index (κ1) is 13.8. The Balaban J connectivity index is 1.92. The maximum absolute atomic E-state index is 10.5. The number of hydrogen-bond donors (Lipinski definition) is 1. The van der Waals surface area contributed by atoms with Crippen molar-refractivity contribution in [1.82, 2.24) is 4.98 Å². The summed E-state index contributed by atoms with van der Waals surface area (Å²) in [5, 5.41) is 12.2. The Hall–Kier alpha value is -2.85. The van der Waals surface area contributed by atoms with Gasteiger partial charge >= 0.3 is 0 Å². The van der Waals surface area contributed by atoms with Gasteiger partial charge in [0.25, 0.3) is 0 Å². The molecule has 0 spiro atoms. The summed E-state index contributed by atoms with van der Waals surface area (Å²) in [6.07, 6.45) is -0.835. The fourth-order valence-corrected chi connectivity index (χ4v) is 2.82. The molecule has 114 valence electrons. The van der Waals surface area contributed by atoms with Crippen LogP contribution >= 0.6 is 0 Å². The second kappa shape index (κ2) is 5.41. The van der Waals surface area contributed by atoms with Crippen molar-refractivity contribution >= 4 is 22.0 Å². The van der Waals surface area contributed by atoms with Crippen molar-refractivity contribution in [3.63, 3.8) is 0 Å². The van der Waals surface area contributed by atoms with Gasteiger partial charge in [0.2, 0.25) is 5.71 Å². The summed E-state index contributed by atoms with van der Waals surface area (Å²) in [6, 6.07) is 18.9. The maximum atomic E-state index is 10.5. The Morgan fingerprint density at radius 2 is 1.74 bits per heavy atom. The third kappa shape index (κ3) is 2.24. The molecule has 2 heterocycles. The highest BCUT2D eigenvalue weighted by Gasteiger charge is 2.19. The van der Waals surface area contributed by atoms with E-state index in [1.165, 1.54) is 0 Å². The number of aromatic nitrogens is 1. The Morgan fingerprint density at radius 3 is 2.52 bits per heavy atom. The number of nitrogens with zero attached hydrogens (tertiary/aromatic N) is 1. The van der Waals surface area contributed by atoms with E-state index in [9.17, 15) is 5.11 Å². The van der Waals surface area contributed by atoms with Crippen LogP contribution < -0.4 is 4.74 Å². The molecule has 0 fully saturated rings. The van der Waals surface area contributed by atoms with Crippen LogP contribution in [0.3, 0.4) is 0 Å². The first-order valence-electron chi connectivity index (χ1n) is 7.37. The fraction of sp³-hybridized carbons (Fsp3) is 0.105. The molecule has 0 saturated heterocycles. The average molecular weight is 305 g/mol. The Bertz CT molecular complexity index is 976. The van der Waals surface area contributed by atoms with Crippen LogP contribution in [0, 0.1) is 0 Å². The van der Waals surface area contributed by atoms with Gasteiger partial charge in [0, 0.05) is 5.39 Å². The molecule has 4 heteroatoms. The van der Waals surface area contributed by atoms with E-state index >= 15 is 0 Å². The maximum Gasteiger partial charge on any atom is 0.230 e. The topological polar surface area (TPSA) is 55.5 Å². The number of methoxy groups -OCH3 is 1. The van der Waals surface area contributed by atoms with Gasteiger partial charge in [0.1, 0.15) is 17.6 Å². The summed E-state index contributed by atoms with van der Waals surface area (Å²) in [6.45, 7) is 0. The van der Waals surface area contributed by atoms with Crippen LogP contribution in [-0.2, 0) is 0 Å². The van der Waals surface area contributed by atoms with Crippen molar-refractivity contribution in [2.24, 2.45) is 0 Å². The summed E-state index contributed by atoms with van der Waals surface area (Å²) in [5.74, 6) is 1.16.